The largest absolute Gasteiger partial charge is 0.466 e. The molecule has 1 rings (SSSR count). The number of thiophene rings is 1. The van der Waals surface area contributed by atoms with Crippen LogP contribution in [0.25, 0.3) is 5.70 Å². The highest BCUT2D eigenvalue weighted by Gasteiger charge is 2.04. The van der Waals surface area contributed by atoms with Crippen LogP contribution in [0, 0.1) is 0 Å². The number of ether oxygens (including phenoxy) is 1. The molecule has 0 saturated heterocycles. The first-order chi connectivity index (χ1) is 7.27. The Labute approximate surface area is 93.1 Å². The van der Waals surface area contributed by atoms with Crippen molar-refractivity contribution in [2.75, 3.05) is 13.7 Å². The van der Waals surface area contributed by atoms with Crippen LogP contribution in [0.3, 0.4) is 0 Å². The minimum Gasteiger partial charge on any atom is -0.466 e. The molecule has 4 heteroatoms. The van der Waals surface area contributed by atoms with E-state index in [1.165, 1.54) is 13.2 Å². The molecule has 0 bridgehead atoms. The second-order valence-corrected chi connectivity index (χ2v) is 3.68. The second kappa shape index (κ2) is 6.03. The third-order valence-corrected chi connectivity index (χ3v) is 2.59. The molecule has 1 aromatic rings. The van der Waals surface area contributed by atoms with E-state index >= 15 is 0 Å². The van der Waals surface area contributed by atoms with Gasteiger partial charge in [0.15, 0.2) is 0 Å². The summed E-state index contributed by atoms with van der Waals surface area (Å²) in [6, 6.07) is 3.87. The van der Waals surface area contributed by atoms with Crippen LogP contribution in [-0.2, 0) is 9.53 Å². The molecule has 0 spiro atoms. The Bertz CT molecular complexity index is 355. The molecule has 0 radical (unpaired) electrons. The van der Waals surface area contributed by atoms with E-state index in [0.29, 0.717) is 6.54 Å². The van der Waals surface area contributed by atoms with Gasteiger partial charge in [0.2, 0.25) is 0 Å². The summed E-state index contributed by atoms with van der Waals surface area (Å²) in [5, 5.41) is 5.04. The normalized spacial score (nSPS) is 10.9. The fourth-order valence-corrected chi connectivity index (χ4v) is 1.72. The summed E-state index contributed by atoms with van der Waals surface area (Å²) in [6.07, 6.45) is 3.17. The predicted octanol–water partition coefficient (Wildman–Crippen LogP) is 2.04. The van der Waals surface area contributed by atoms with Gasteiger partial charge < -0.3 is 10.1 Å². The number of nitrogens with one attached hydrogen (secondary N) is 1. The van der Waals surface area contributed by atoms with Crippen molar-refractivity contribution in [1.82, 2.24) is 5.32 Å². The van der Waals surface area contributed by atoms with Crippen molar-refractivity contribution in [3.63, 3.8) is 0 Å². The highest BCUT2D eigenvalue weighted by Crippen LogP contribution is 2.17. The maximum absolute atomic E-state index is 11.1. The Morgan fingerprint density at radius 2 is 2.53 bits per heavy atom. The first-order valence-corrected chi connectivity index (χ1v) is 5.34. The summed E-state index contributed by atoms with van der Waals surface area (Å²) < 4.78 is 4.58. The van der Waals surface area contributed by atoms with Gasteiger partial charge in [0.25, 0.3) is 0 Å². The van der Waals surface area contributed by atoms with Crippen LogP contribution in [0.15, 0.2) is 36.2 Å². The van der Waals surface area contributed by atoms with E-state index in [-0.39, 0.29) is 5.97 Å². The summed E-state index contributed by atoms with van der Waals surface area (Å²) >= 11 is 1.56. The van der Waals surface area contributed by atoms with Crippen molar-refractivity contribution < 1.29 is 9.53 Å². The number of hydrogen-bond acceptors (Lipinski definition) is 4. The van der Waals surface area contributed by atoms with Gasteiger partial charge >= 0.3 is 5.97 Å². The smallest absolute Gasteiger partial charge is 0.332 e. The number of rotatable bonds is 5. The molecule has 0 fully saturated rings. The lowest BCUT2D eigenvalue weighted by molar-refractivity contribution is -0.134. The predicted molar refractivity (Wildman–Crippen MR) is 62.5 cm³/mol. The van der Waals surface area contributed by atoms with Crippen molar-refractivity contribution in [3.05, 3.63) is 41.1 Å². The Kier molecular flexibility index (Phi) is 4.63. The lowest BCUT2D eigenvalue weighted by Gasteiger charge is -2.06. The molecule has 1 heterocycles. The van der Waals surface area contributed by atoms with E-state index in [9.17, 15) is 4.79 Å². The van der Waals surface area contributed by atoms with E-state index in [0.717, 1.165) is 10.6 Å². The molecule has 0 aliphatic heterocycles. The molecule has 0 unspecified atom stereocenters. The second-order valence-electron chi connectivity index (χ2n) is 2.73. The first kappa shape index (κ1) is 11.5. The number of carbonyl (C=O) groups is 1. The van der Waals surface area contributed by atoms with Crippen LogP contribution in [0.4, 0.5) is 0 Å². The molecular weight excluding hydrogens is 210 g/mol. The Morgan fingerprint density at radius 3 is 3.07 bits per heavy atom. The molecule has 0 aromatic carbocycles. The van der Waals surface area contributed by atoms with Gasteiger partial charge in [-0.3, -0.25) is 0 Å². The topological polar surface area (TPSA) is 38.3 Å². The summed E-state index contributed by atoms with van der Waals surface area (Å²) in [5.74, 6) is -0.366. The van der Waals surface area contributed by atoms with E-state index in [1.54, 1.807) is 17.4 Å². The highest BCUT2D eigenvalue weighted by molar-refractivity contribution is 7.11. The van der Waals surface area contributed by atoms with Crippen LogP contribution in [0.2, 0.25) is 0 Å². The van der Waals surface area contributed by atoms with Crippen molar-refractivity contribution in [2.45, 2.75) is 0 Å². The molecule has 0 aliphatic carbocycles. The summed E-state index contributed by atoms with van der Waals surface area (Å²) in [4.78, 5) is 12.1. The lowest BCUT2D eigenvalue weighted by Crippen LogP contribution is -2.13. The van der Waals surface area contributed by atoms with Crippen molar-refractivity contribution in [1.29, 1.82) is 0 Å². The van der Waals surface area contributed by atoms with Crippen LogP contribution < -0.4 is 5.32 Å². The minimum atomic E-state index is -0.366. The maximum atomic E-state index is 11.1. The van der Waals surface area contributed by atoms with E-state index in [2.05, 4.69) is 16.6 Å². The van der Waals surface area contributed by atoms with Gasteiger partial charge in [0.05, 0.1) is 17.7 Å². The minimum absolute atomic E-state index is 0.366. The molecule has 1 N–H and O–H groups in total. The highest BCUT2D eigenvalue weighted by atomic mass is 32.1. The van der Waals surface area contributed by atoms with Crippen LogP contribution in [0.5, 0.6) is 0 Å². The van der Waals surface area contributed by atoms with Gasteiger partial charge in [0.1, 0.15) is 0 Å². The van der Waals surface area contributed by atoms with Crippen molar-refractivity contribution >= 4 is 23.0 Å². The van der Waals surface area contributed by atoms with E-state index < -0.39 is 0 Å². The number of hydrogen-bond donors (Lipinski definition) is 1. The van der Waals surface area contributed by atoms with Gasteiger partial charge in [-0.2, -0.15) is 0 Å². The Hall–Kier alpha value is -1.55. The van der Waals surface area contributed by atoms with Crippen molar-refractivity contribution in [2.24, 2.45) is 0 Å². The molecule has 3 nitrogen and oxygen atoms in total. The SMILES string of the molecule is C=CCN/C(=C\C(=O)OC)c1cccs1. The summed E-state index contributed by atoms with van der Waals surface area (Å²) in [5.41, 5.74) is 0.761. The summed E-state index contributed by atoms with van der Waals surface area (Å²) in [6.45, 7) is 4.22. The third-order valence-electron chi connectivity index (χ3n) is 1.69. The zero-order chi connectivity index (χ0) is 11.1. The lowest BCUT2D eigenvalue weighted by atomic mass is 10.3. The molecule has 1 aromatic heterocycles. The molecule has 0 aliphatic rings. The Balaban J connectivity index is 2.82. The molecule has 0 amide bonds. The van der Waals surface area contributed by atoms with Gasteiger partial charge in [-0.25, -0.2) is 4.79 Å². The molecule has 80 valence electrons. The zero-order valence-electron chi connectivity index (χ0n) is 8.53. The fourth-order valence-electron chi connectivity index (χ4n) is 1.000. The van der Waals surface area contributed by atoms with Crippen molar-refractivity contribution in [3.8, 4) is 0 Å². The molecule has 0 saturated carbocycles. The Morgan fingerprint density at radius 1 is 1.73 bits per heavy atom. The average Bonchev–Trinajstić information content (AvgIpc) is 2.77. The fraction of sp³-hybridized carbons (Fsp3) is 0.182. The number of carbonyl (C=O) groups excluding carboxylic acids is 1. The maximum Gasteiger partial charge on any atom is 0.332 e. The number of methoxy groups -OCH3 is 1. The third kappa shape index (κ3) is 3.59. The molecular formula is C11H13NO2S. The first-order valence-electron chi connectivity index (χ1n) is 4.46. The van der Waals surface area contributed by atoms with Crippen LogP contribution in [-0.4, -0.2) is 19.6 Å². The number of esters is 1. The van der Waals surface area contributed by atoms with Gasteiger partial charge in [-0.05, 0) is 11.4 Å². The van der Waals surface area contributed by atoms with E-state index in [1.807, 2.05) is 17.5 Å². The standard InChI is InChI=1S/C11H13NO2S/c1-3-6-12-9(8-11(13)14-2)10-5-4-7-15-10/h3-5,7-8,12H,1,6H2,2H3/b9-8-. The zero-order valence-corrected chi connectivity index (χ0v) is 9.34. The van der Waals surface area contributed by atoms with E-state index in [4.69, 9.17) is 0 Å². The summed E-state index contributed by atoms with van der Waals surface area (Å²) in [7, 11) is 1.36. The average molecular weight is 223 g/mol. The van der Waals surface area contributed by atoms with Crippen LogP contribution in [0.1, 0.15) is 4.88 Å². The molecule has 15 heavy (non-hydrogen) atoms. The quantitative estimate of drug-likeness (QED) is 0.471. The molecule has 0 atom stereocenters. The van der Waals surface area contributed by atoms with Gasteiger partial charge in [0, 0.05) is 12.6 Å². The van der Waals surface area contributed by atoms with Crippen LogP contribution >= 0.6 is 11.3 Å². The monoisotopic (exact) mass is 223 g/mol. The van der Waals surface area contributed by atoms with Gasteiger partial charge in [-0.15, -0.1) is 17.9 Å². The van der Waals surface area contributed by atoms with Gasteiger partial charge in [-0.1, -0.05) is 12.1 Å².